The third kappa shape index (κ3) is 4.47. The van der Waals surface area contributed by atoms with Crippen molar-refractivity contribution in [3.05, 3.63) is 59.4 Å². The number of ketones is 1. The van der Waals surface area contributed by atoms with Gasteiger partial charge in [0.2, 0.25) is 0 Å². The Hall–Kier alpha value is -2.42. The molecule has 0 aromatic heterocycles. The summed E-state index contributed by atoms with van der Waals surface area (Å²) in [6.45, 7) is 6.86. The van der Waals surface area contributed by atoms with Crippen molar-refractivity contribution in [1.29, 1.82) is 0 Å². The zero-order valence-corrected chi connectivity index (χ0v) is 16.6. The van der Waals surface area contributed by atoms with Crippen LogP contribution in [-0.4, -0.2) is 23.1 Å². The largest absolute Gasteiger partial charge is 0.511 e. The van der Waals surface area contributed by atoms with Gasteiger partial charge in [-0.2, -0.15) is 0 Å². The molecule has 0 bridgehead atoms. The molecule has 0 aliphatic heterocycles. The number of benzene rings is 2. The van der Waals surface area contributed by atoms with Gasteiger partial charge in [0.25, 0.3) is 0 Å². The summed E-state index contributed by atoms with van der Waals surface area (Å²) in [5, 5.41) is 13.0. The molecule has 2 aromatic rings. The van der Waals surface area contributed by atoms with Gasteiger partial charge in [-0.3, -0.25) is 9.79 Å². The summed E-state index contributed by atoms with van der Waals surface area (Å²) < 4.78 is 0. The summed E-state index contributed by atoms with van der Waals surface area (Å²) in [4.78, 5) is 17.6. The molecule has 0 heterocycles. The first-order chi connectivity index (χ1) is 12.9. The maximum absolute atomic E-state index is 12.8. The molecule has 3 nitrogen and oxygen atoms in total. The number of rotatable bonds is 6. The van der Waals surface area contributed by atoms with Crippen molar-refractivity contribution in [1.82, 2.24) is 0 Å². The maximum atomic E-state index is 12.8. The van der Waals surface area contributed by atoms with Gasteiger partial charge in [-0.25, -0.2) is 0 Å². The Kier molecular flexibility index (Phi) is 5.79. The Morgan fingerprint density at radius 2 is 1.85 bits per heavy atom. The number of nitrogens with zero attached hydrogens (tertiary/aromatic N) is 1. The normalized spacial score (nSPS) is 17.6. The lowest BCUT2D eigenvalue weighted by atomic mass is 9.75. The maximum Gasteiger partial charge on any atom is 0.168 e. The molecule has 0 spiro atoms. The van der Waals surface area contributed by atoms with E-state index in [1.165, 1.54) is 10.8 Å². The Balaban J connectivity index is 2.02. The van der Waals surface area contributed by atoms with Gasteiger partial charge in [-0.1, -0.05) is 69.7 Å². The standard InChI is InChI=1S/C24H29NO2/c1-4-5-13-25-20(23-21(26)15-24(2,3)16-22(23)27)14-18-11-8-10-17-9-6-7-12-19(17)18/h6-12,26H,4-5,13-16H2,1-3H3. The predicted octanol–water partition coefficient (Wildman–Crippen LogP) is 5.82. The molecule has 0 atom stereocenters. The van der Waals surface area contributed by atoms with E-state index in [2.05, 4.69) is 31.2 Å². The lowest BCUT2D eigenvalue weighted by Crippen LogP contribution is -2.30. The molecule has 2 aromatic carbocycles. The van der Waals surface area contributed by atoms with E-state index in [0.29, 0.717) is 31.4 Å². The first kappa shape index (κ1) is 19.3. The fourth-order valence-electron chi connectivity index (χ4n) is 3.84. The average Bonchev–Trinajstić information content (AvgIpc) is 2.60. The molecule has 0 unspecified atom stereocenters. The minimum Gasteiger partial charge on any atom is -0.511 e. The summed E-state index contributed by atoms with van der Waals surface area (Å²) in [5.74, 6) is 0.214. The number of carbonyl (C=O) groups excluding carboxylic acids is 1. The number of carbonyl (C=O) groups is 1. The zero-order valence-electron chi connectivity index (χ0n) is 16.6. The minimum atomic E-state index is -0.196. The van der Waals surface area contributed by atoms with Crippen LogP contribution in [0, 0.1) is 5.41 Å². The van der Waals surface area contributed by atoms with Crippen LogP contribution in [0.1, 0.15) is 52.0 Å². The van der Waals surface area contributed by atoms with Crippen molar-refractivity contribution in [3.63, 3.8) is 0 Å². The van der Waals surface area contributed by atoms with E-state index in [1.807, 2.05) is 32.0 Å². The highest BCUT2D eigenvalue weighted by atomic mass is 16.3. The molecule has 3 rings (SSSR count). The van der Waals surface area contributed by atoms with Crippen LogP contribution in [0.4, 0.5) is 0 Å². The van der Waals surface area contributed by atoms with Crippen LogP contribution in [-0.2, 0) is 11.2 Å². The van der Waals surface area contributed by atoms with Crippen LogP contribution >= 0.6 is 0 Å². The van der Waals surface area contributed by atoms with Crippen LogP contribution in [0.25, 0.3) is 10.8 Å². The van der Waals surface area contributed by atoms with E-state index in [4.69, 9.17) is 4.99 Å². The van der Waals surface area contributed by atoms with E-state index in [0.717, 1.165) is 24.1 Å². The molecule has 0 saturated heterocycles. The molecular formula is C24H29NO2. The monoisotopic (exact) mass is 363 g/mol. The van der Waals surface area contributed by atoms with Gasteiger partial charge in [-0.15, -0.1) is 0 Å². The van der Waals surface area contributed by atoms with Crippen molar-refractivity contribution in [2.75, 3.05) is 6.54 Å². The molecule has 0 saturated carbocycles. The van der Waals surface area contributed by atoms with Crippen molar-refractivity contribution in [2.45, 2.75) is 52.9 Å². The fraction of sp³-hybridized carbons (Fsp3) is 0.417. The first-order valence-corrected chi connectivity index (χ1v) is 9.87. The molecule has 1 aliphatic carbocycles. The Morgan fingerprint density at radius 1 is 1.11 bits per heavy atom. The Bertz CT molecular complexity index is 900. The quantitative estimate of drug-likeness (QED) is 0.519. The molecule has 0 fully saturated rings. The molecule has 142 valence electrons. The summed E-state index contributed by atoms with van der Waals surface area (Å²) in [7, 11) is 0. The van der Waals surface area contributed by atoms with Crippen LogP contribution in [0.5, 0.6) is 0 Å². The van der Waals surface area contributed by atoms with Gasteiger partial charge in [-0.05, 0) is 28.2 Å². The second-order valence-corrected chi connectivity index (χ2v) is 8.26. The number of aliphatic hydroxyl groups excluding tert-OH is 1. The Labute approximate surface area is 161 Å². The average molecular weight is 364 g/mol. The summed E-state index contributed by atoms with van der Waals surface area (Å²) in [5.41, 5.74) is 2.14. The third-order valence-corrected chi connectivity index (χ3v) is 5.19. The van der Waals surface area contributed by atoms with Crippen molar-refractivity contribution in [3.8, 4) is 0 Å². The zero-order chi connectivity index (χ0) is 19.4. The van der Waals surface area contributed by atoms with Gasteiger partial charge in [0, 0.05) is 25.8 Å². The number of Topliss-reactive ketones (excluding diaryl/α,β-unsaturated/α-hetero) is 1. The van der Waals surface area contributed by atoms with Gasteiger partial charge < -0.3 is 5.11 Å². The lowest BCUT2D eigenvalue weighted by molar-refractivity contribution is -0.117. The van der Waals surface area contributed by atoms with Crippen molar-refractivity contribution >= 4 is 22.3 Å². The van der Waals surface area contributed by atoms with E-state index >= 15 is 0 Å². The lowest BCUT2D eigenvalue weighted by Gasteiger charge is -2.30. The highest BCUT2D eigenvalue weighted by molar-refractivity contribution is 6.24. The number of aliphatic imine (C=N–C) groups is 1. The van der Waals surface area contributed by atoms with Crippen LogP contribution < -0.4 is 0 Å². The van der Waals surface area contributed by atoms with Gasteiger partial charge in [0.15, 0.2) is 5.78 Å². The van der Waals surface area contributed by atoms with Gasteiger partial charge in [0.1, 0.15) is 5.76 Å². The Morgan fingerprint density at radius 3 is 2.59 bits per heavy atom. The highest BCUT2D eigenvalue weighted by Gasteiger charge is 2.35. The predicted molar refractivity (Wildman–Crippen MR) is 113 cm³/mol. The minimum absolute atomic E-state index is 0.0132. The number of allylic oxidation sites excluding steroid dienone is 2. The van der Waals surface area contributed by atoms with E-state index < -0.39 is 0 Å². The number of aliphatic hydroxyl groups is 1. The molecule has 27 heavy (non-hydrogen) atoms. The number of hydrogen-bond donors (Lipinski definition) is 1. The molecule has 0 radical (unpaired) electrons. The van der Waals surface area contributed by atoms with E-state index in [9.17, 15) is 9.90 Å². The van der Waals surface area contributed by atoms with Crippen LogP contribution in [0.2, 0.25) is 0 Å². The van der Waals surface area contributed by atoms with Gasteiger partial charge in [0.05, 0.1) is 11.3 Å². The molecule has 1 N–H and O–H groups in total. The number of hydrogen-bond acceptors (Lipinski definition) is 3. The third-order valence-electron chi connectivity index (χ3n) is 5.19. The smallest absolute Gasteiger partial charge is 0.168 e. The summed E-state index contributed by atoms with van der Waals surface area (Å²) in [6.07, 6.45) is 3.57. The number of unbranched alkanes of at least 4 members (excludes halogenated alkanes) is 1. The first-order valence-electron chi connectivity index (χ1n) is 9.87. The second-order valence-electron chi connectivity index (χ2n) is 8.26. The van der Waals surface area contributed by atoms with Crippen molar-refractivity contribution in [2.24, 2.45) is 10.4 Å². The summed E-state index contributed by atoms with van der Waals surface area (Å²) in [6, 6.07) is 14.5. The highest BCUT2D eigenvalue weighted by Crippen LogP contribution is 2.36. The fourth-order valence-corrected chi connectivity index (χ4v) is 3.84. The van der Waals surface area contributed by atoms with E-state index in [-0.39, 0.29) is 17.0 Å². The van der Waals surface area contributed by atoms with Crippen molar-refractivity contribution < 1.29 is 9.90 Å². The molecule has 1 aliphatic rings. The summed E-state index contributed by atoms with van der Waals surface area (Å²) >= 11 is 0. The topological polar surface area (TPSA) is 49.7 Å². The number of fused-ring (bicyclic) bond motifs is 1. The van der Waals surface area contributed by atoms with E-state index in [1.54, 1.807) is 0 Å². The SMILES string of the molecule is CCCCN=C(Cc1cccc2ccccc12)C1=C(O)CC(C)(C)CC1=O. The second kappa shape index (κ2) is 8.08. The van der Waals surface area contributed by atoms with Crippen LogP contribution in [0.3, 0.4) is 0 Å². The molecule has 0 amide bonds. The molecular weight excluding hydrogens is 334 g/mol. The van der Waals surface area contributed by atoms with Crippen LogP contribution in [0.15, 0.2) is 58.8 Å². The molecule has 3 heteroatoms. The van der Waals surface area contributed by atoms with Gasteiger partial charge >= 0.3 is 0 Å².